The van der Waals surface area contributed by atoms with Crippen molar-refractivity contribution in [1.82, 2.24) is 0 Å². The number of halogens is 2. The van der Waals surface area contributed by atoms with Gasteiger partial charge < -0.3 is 18.9 Å². The van der Waals surface area contributed by atoms with Crippen LogP contribution in [0.25, 0.3) is 6.08 Å². The molecule has 7 heteroatoms. The third-order valence-electron chi connectivity index (χ3n) is 3.33. The lowest BCUT2D eigenvalue weighted by Crippen LogP contribution is -2.05. The second-order valence-corrected chi connectivity index (χ2v) is 5.08. The largest absolute Gasteiger partial charge is 0.497 e. The van der Waals surface area contributed by atoms with E-state index in [0.717, 1.165) is 5.56 Å². The third-order valence-corrected chi connectivity index (χ3v) is 3.33. The van der Waals surface area contributed by atoms with Crippen molar-refractivity contribution < 1.29 is 32.5 Å². The first-order valence-corrected chi connectivity index (χ1v) is 7.62. The number of carbonyl (C=O) groups is 1. The molecule has 0 spiro atoms. The lowest BCUT2D eigenvalue weighted by molar-refractivity contribution is -0.138. The molecule has 0 saturated heterocycles. The number of ether oxygens (including phenoxy) is 4. The summed E-state index contributed by atoms with van der Waals surface area (Å²) in [5.41, 5.74) is 1.36. The van der Waals surface area contributed by atoms with Gasteiger partial charge >= 0.3 is 12.6 Å². The Balaban J connectivity index is 1.95. The van der Waals surface area contributed by atoms with Gasteiger partial charge in [0.15, 0.2) is 11.5 Å². The molecule has 26 heavy (non-hydrogen) atoms. The minimum absolute atomic E-state index is 0.0351. The molecule has 2 rings (SSSR count). The summed E-state index contributed by atoms with van der Waals surface area (Å²) in [6.45, 7) is -2.98. The van der Waals surface area contributed by atoms with E-state index in [9.17, 15) is 13.6 Å². The van der Waals surface area contributed by atoms with E-state index in [1.54, 1.807) is 31.4 Å². The average Bonchev–Trinajstić information content (AvgIpc) is 2.65. The molecular weight excluding hydrogens is 346 g/mol. The highest BCUT2D eigenvalue weighted by atomic mass is 19.3. The maximum Gasteiger partial charge on any atom is 0.387 e. The van der Waals surface area contributed by atoms with E-state index in [-0.39, 0.29) is 18.1 Å². The van der Waals surface area contributed by atoms with Crippen LogP contribution in [0.15, 0.2) is 48.5 Å². The van der Waals surface area contributed by atoms with Crippen LogP contribution in [0.1, 0.15) is 11.1 Å². The van der Waals surface area contributed by atoms with Crippen molar-refractivity contribution in [3.05, 3.63) is 59.7 Å². The first-order chi connectivity index (χ1) is 12.5. The quantitative estimate of drug-likeness (QED) is 0.522. The number of carbonyl (C=O) groups excluding carboxylic acids is 1. The molecule has 0 saturated carbocycles. The van der Waals surface area contributed by atoms with E-state index >= 15 is 0 Å². The highest BCUT2D eigenvalue weighted by molar-refractivity contribution is 5.87. The van der Waals surface area contributed by atoms with E-state index in [4.69, 9.17) is 14.2 Å². The molecule has 138 valence electrons. The van der Waals surface area contributed by atoms with Gasteiger partial charge in [-0.15, -0.1) is 0 Å². The van der Waals surface area contributed by atoms with Crippen molar-refractivity contribution in [1.29, 1.82) is 0 Å². The number of rotatable bonds is 8. The van der Waals surface area contributed by atoms with Gasteiger partial charge in [0.1, 0.15) is 12.4 Å². The third kappa shape index (κ3) is 5.77. The number of alkyl halides is 2. The fraction of sp³-hybridized carbons (Fsp3) is 0.211. The van der Waals surface area contributed by atoms with Crippen molar-refractivity contribution in [3.63, 3.8) is 0 Å². The Morgan fingerprint density at radius 3 is 2.58 bits per heavy atom. The Hall–Kier alpha value is -3.09. The Morgan fingerprint density at radius 1 is 1.08 bits per heavy atom. The van der Waals surface area contributed by atoms with Crippen molar-refractivity contribution in [2.24, 2.45) is 0 Å². The minimum atomic E-state index is -2.95. The van der Waals surface area contributed by atoms with Gasteiger partial charge in [-0.05, 0) is 41.5 Å². The zero-order valence-corrected chi connectivity index (χ0v) is 14.3. The van der Waals surface area contributed by atoms with E-state index in [0.29, 0.717) is 11.3 Å². The fourth-order valence-electron chi connectivity index (χ4n) is 2.11. The van der Waals surface area contributed by atoms with Crippen LogP contribution in [-0.4, -0.2) is 26.8 Å². The second-order valence-electron chi connectivity index (χ2n) is 5.08. The smallest absolute Gasteiger partial charge is 0.387 e. The van der Waals surface area contributed by atoms with Crippen LogP contribution in [0.4, 0.5) is 8.78 Å². The zero-order chi connectivity index (χ0) is 18.9. The Bertz CT molecular complexity index is 774. The fourth-order valence-corrected chi connectivity index (χ4v) is 2.11. The summed E-state index contributed by atoms with van der Waals surface area (Å²) in [4.78, 5) is 11.8. The molecule has 0 unspecified atom stereocenters. The molecule has 0 aliphatic heterocycles. The molecule has 0 heterocycles. The molecule has 0 atom stereocenters. The van der Waals surface area contributed by atoms with Crippen LogP contribution < -0.4 is 14.2 Å². The van der Waals surface area contributed by atoms with Crippen LogP contribution in [0.2, 0.25) is 0 Å². The number of hydrogen-bond acceptors (Lipinski definition) is 5. The van der Waals surface area contributed by atoms with Crippen molar-refractivity contribution in [3.8, 4) is 17.2 Å². The summed E-state index contributed by atoms with van der Waals surface area (Å²) < 4.78 is 44.2. The minimum Gasteiger partial charge on any atom is -0.497 e. The van der Waals surface area contributed by atoms with E-state index in [1.807, 2.05) is 6.07 Å². The average molecular weight is 364 g/mol. The van der Waals surface area contributed by atoms with Crippen LogP contribution in [0.5, 0.6) is 17.2 Å². The maximum atomic E-state index is 12.3. The summed E-state index contributed by atoms with van der Waals surface area (Å²) in [7, 11) is 2.89. The summed E-state index contributed by atoms with van der Waals surface area (Å²) in [6, 6.07) is 11.5. The first-order valence-electron chi connectivity index (χ1n) is 7.62. The van der Waals surface area contributed by atoms with Gasteiger partial charge in [0.25, 0.3) is 0 Å². The number of hydrogen-bond donors (Lipinski definition) is 0. The van der Waals surface area contributed by atoms with Crippen molar-refractivity contribution >= 4 is 12.0 Å². The van der Waals surface area contributed by atoms with Gasteiger partial charge in [-0.3, -0.25) is 0 Å². The molecule has 2 aromatic carbocycles. The van der Waals surface area contributed by atoms with Gasteiger partial charge in [0, 0.05) is 6.08 Å². The first kappa shape index (κ1) is 19.2. The second kappa shape index (κ2) is 9.41. The highest BCUT2D eigenvalue weighted by Gasteiger charge is 2.11. The number of benzene rings is 2. The van der Waals surface area contributed by atoms with Gasteiger partial charge in [0.05, 0.1) is 14.2 Å². The van der Waals surface area contributed by atoms with E-state index in [1.165, 1.54) is 31.4 Å². The molecular formula is C19H18F2O5. The molecule has 0 radical (unpaired) electrons. The molecule has 0 amide bonds. The Labute approximate surface area is 149 Å². The maximum absolute atomic E-state index is 12.3. The molecule has 0 aliphatic rings. The van der Waals surface area contributed by atoms with Gasteiger partial charge in [0.2, 0.25) is 0 Å². The normalized spacial score (nSPS) is 10.8. The topological polar surface area (TPSA) is 54.0 Å². The lowest BCUT2D eigenvalue weighted by Gasteiger charge is -2.11. The van der Waals surface area contributed by atoms with Crippen LogP contribution in [0.3, 0.4) is 0 Å². The highest BCUT2D eigenvalue weighted by Crippen LogP contribution is 2.29. The predicted octanol–water partition coefficient (Wildman–Crippen LogP) is 4.06. The Morgan fingerprint density at radius 2 is 1.88 bits per heavy atom. The molecule has 0 fully saturated rings. The SMILES string of the molecule is COc1cccc(/C=C/C(=O)OCc2ccc(OC(F)F)c(OC)c2)c1. The molecule has 2 aromatic rings. The standard InChI is InChI=1S/C19H18F2O5/c1-23-15-5-3-4-13(10-15)7-9-18(22)25-12-14-6-8-16(26-19(20)21)17(11-14)24-2/h3-11,19H,12H2,1-2H3/b9-7+. The molecule has 0 N–H and O–H groups in total. The predicted molar refractivity (Wildman–Crippen MR) is 91.5 cm³/mol. The van der Waals surface area contributed by atoms with E-state index < -0.39 is 12.6 Å². The van der Waals surface area contributed by atoms with Crippen LogP contribution >= 0.6 is 0 Å². The van der Waals surface area contributed by atoms with Gasteiger partial charge in [-0.1, -0.05) is 18.2 Å². The lowest BCUT2D eigenvalue weighted by atomic mass is 10.2. The van der Waals surface area contributed by atoms with Crippen LogP contribution in [0, 0.1) is 0 Å². The Kier molecular flexibility index (Phi) is 6.96. The number of esters is 1. The zero-order valence-electron chi connectivity index (χ0n) is 14.3. The molecule has 0 aliphatic carbocycles. The summed E-state index contributed by atoms with van der Waals surface area (Å²) in [6.07, 6.45) is 2.89. The summed E-state index contributed by atoms with van der Waals surface area (Å²) in [5.74, 6) is 0.180. The molecule has 5 nitrogen and oxygen atoms in total. The van der Waals surface area contributed by atoms with Crippen LogP contribution in [-0.2, 0) is 16.1 Å². The molecule has 0 bridgehead atoms. The summed E-state index contributed by atoms with van der Waals surface area (Å²) in [5, 5.41) is 0. The monoisotopic (exact) mass is 364 g/mol. The van der Waals surface area contributed by atoms with Gasteiger partial charge in [-0.25, -0.2) is 4.79 Å². The summed E-state index contributed by atoms with van der Waals surface area (Å²) >= 11 is 0. The van der Waals surface area contributed by atoms with Crippen molar-refractivity contribution in [2.45, 2.75) is 13.2 Å². The van der Waals surface area contributed by atoms with E-state index in [2.05, 4.69) is 4.74 Å². The molecule has 0 aromatic heterocycles. The number of methoxy groups -OCH3 is 2. The van der Waals surface area contributed by atoms with Crippen molar-refractivity contribution in [2.75, 3.05) is 14.2 Å². The van der Waals surface area contributed by atoms with Gasteiger partial charge in [-0.2, -0.15) is 8.78 Å².